The smallest absolute Gasteiger partial charge is 0.366 e. The number of nitrogens with zero attached hydrogens (tertiary/aromatic N) is 1. The van der Waals surface area contributed by atoms with E-state index in [9.17, 15) is 30.8 Å². The Bertz CT molecular complexity index is 846. The minimum Gasteiger partial charge on any atom is -0.366 e. The molecule has 1 heterocycles. The molecule has 0 saturated heterocycles. The van der Waals surface area contributed by atoms with Gasteiger partial charge in [0.1, 0.15) is 5.82 Å². The zero-order valence-electron chi connectivity index (χ0n) is 9.98. The van der Waals surface area contributed by atoms with Gasteiger partial charge in [-0.05, 0) is 24.3 Å². The molecule has 0 spiro atoms. The summed E-state index contributed by atoms with van der Waals surface area (Å²) in [5.74, 6) is -1.98. The Morgan fingerprint density at radius 1 is 1.19 bits per heavy atom. The van der Waals surface area contributed by atoms with E-state index < -0.39 is 37.7 Å². The molecule has 5 nitrogen and oxygen atoms in total. The Kier molecular flexibility index (Phi) is 3.36. The van der Waals surface area contributed by atoms with Crippen LogP contribution in [0.2, 0.25) is 0 Å². The average Bonchev–Trinajstić information content (AvgIpc) is 2.35. The van der Waals surface area contributed by atoms with Crippen LogP contribution >= 0.6 is 0 Å². The molecule has 2 N–H and O–H groups in total. The first-order chi connectivity index (χ1) is 9.54. The molecule has 1 amide bonds. The molecule has 0 aliphatic heterocycles. The minimum absolute atomic E-state index is 0.177. The Labute approximate surface area is 115 Å². The summed E-state index contributed by atoms with van der Waals surface area (Å²) < 4.78 is 73.3. The van der Waals surface area contributed by atoms with E-state index in [-0.39, 0.29) is 10.9 Å². The lowest BCUT2D eigenvalue weighted by molar-refractivity contribution is -0.0438. The highest BCUT2D eigenvalue weighted by Gasteiger charge is 2.48. The van der Waals surface area contributed by atoms with Gasteiger partial charge in [0.15, 0.2) is 5.03 Å². The van der Waals surface area contributed by atoms with Gasteiger partial charge in [0.2, 0.25) is 5.91 Å². The zero-order chi connectivity index (χ0) is 16.0. The van der Waals surface area contributed by atoms with Crippen LogP contribution in [0.4, 0.5) is 17.6 Å². The molecule has 0 fully saturated rings. The highest BCUT2D eigenvalue weighted by Crippen LogP contribution is 2.31. The van der Waals surface area contributed by atoms with Crippen LogP contribution in [0.1, 0.15) is 10.4 Å². The highest BCUT2D eigenvalue weighted by atomic mass is 32.2. The van der Waals surface area contributed by atoms with Gasteiger partial charge in [-0.2, -0.15) is 13.2 Å². The number of sulfone groups is 1. The quantitative estimate of drug-likeness (QED) is 0.853. The van der Waals surface area contributed by atoms with Crippen molar-refractivity contribution in [2.75, 3.05) is 0 Å². The third-order valence-corrected chi connectivity index (χ3v) is 3.96. The molecule has 0 atom stereocenters. The van der Waals surface area contributed by atoms with Crippen LogP contribution in [-0.2, 0) is 9.84 Å². The maximum absolute atomic E-state index is 13.1. The number of carbonyl (C=O) groups is 1. The summed E-state index contributed by atoms with van der Waals surface area (Å²) >= 11 is 0. The third-order valence-electron chi connectivity index (χ3n) is 2.59. The van der Waals surface area contributed by atoms with Gasteiger partial charge < -0.3 is 5.73 Å². The van der Waals surface area contributed by atoms with Gasteiger partial charge in [0, 0.05) is 5.39 Å². The molecule has 1 aromatic heterocycles. The monoisotopic (exact) mass is 322 g/mol. The van der Waals surface area contributed by atoms with E-state index in [1.54, 1.807) is 0 Å². The maximum Gasteiger partial charge on any atom is 0.503 e. The van der Waals surface area contributed by atoms with Gasteiger partial charge in [0.25, 0.3) is 9.84 Å². The predicted molar refractivity (Wildman–Crippen MR) is 63.5 cm³/mol. The third kappa shape index (κ3) is 2.53. The first kappa shape index (κ1) is 15.2. The number of rotatable bonds is 2. The largest absolute Gasteiger partial charge is 0.503 e. The van der Waals surface area contributed by atoms with E-state index >= 15 is 0 Å². The number of hydrogen-bond acceptors (Lipinski definition) is 4. The molecule has 2 aromatic rings. The fourth-order valence-electron chi connectivity index (χ4n) is 1.63. The van der Waals surface area contributed by atoms with Crippen LogP contribution in [0.25, 0.3) is 10.9 Å². The average molecular weight is 322 g/mol. The van der Waals surface area contributed by atoms with Crippen molar-refractivity contribution in [2.24, 2.45) is 5.73 Å². The zero-order valence-corrected chi connectivity index (χ0v) is 10.8. The second kappa shape index (κ2) is 4.65. The summed E-state index contributed by atoms with van der Waals surface area (Å²) in [6.07, 6.45) is 0. The molecule has 112 valence electrons. The topological polar surface area (TPSA) is 90.1 Å². The Morgan fingerprint density at radius 3 is 2.33 bits per heavy atom. The van der Waals surface area contributed by atoms with Crippen LogP contribution in [0.5, 0.6) is 0 Å². The van der Waals surface area contributed by atoms with E-state index in [1.165, 1.54) is 0 Å². The number of primary amides is 1. The van der Waals surface area contributed by atoms with Gasteiger partial charge in [-0.25, -0.2) is 17.8 Å². The Hall–Kier alpha value is -2.23. The number of pyridine rings is 1. The first-order valence-electron chi connectivity index (χ1n) is 5.25. The number of aromatic nitrogens is 1. The molecule has 0 unspecified atom stereocenters. The molecule has 0 bridgehead atoms. The molecule has 1 aromatic carbocycles. The van der Waals surface area contributed by atoms with Crippen LogP contribution in [0, 0.1) is 5.82 Å². The number of benzene rings is 1. The fraction of sp³-hybridized carbons (Fsp3) is 0.0909. The lowest BCUT2D eigenvalue weighted by atomic mass is 10.1. The molecule has 0 saturated carbocycles. The van der Waals surface area contributed by atoms with E-state index in [0.29, 0.717) is 6.07 Å². The van der Waals surface area contributed by atoms with Crippen molar-refractivity contribution in [1.29, 1.82) is 0 Å². The van der Waals surface area contributed by atoms with Crippen LogP contribution < -0.4 is 5.73 Å². The second-order valence-electron chi connectivity index (χ2n) is 3.98. The van der Waals surface area contributed by atoms with Crippen molar-refractivity contribution in [2.45, 2.75) is 10.5 Å². The number of alkyl halides is 3. The van der Waals surface area contributed by atoms with Crippen molar-refractivity contribution in [3.63, 3.8) is 0 Å². The summed E-state index contributed by atoms with van der Waals surface area (Å²) in [5.41, 5.74) is -1.46. The van der Waals surface area contributed by atoms with Gasteiger partial charge in [-0.3, -0.25) is 4.79 Å². The molecular weight excluding hydrogens is 316 g/mol. The second-order valence-corrected chi connectivity index (χ2v) is 5.87. The molecule has 21 heavy (non-hydrogen) atoms. The SMILES string of the molecule is NC(=O)c1cc(S(=O)(=O)C(F)(F)F)nc2ccc(F)cc12. The van der Waals surface area contributed by atoms with Crippen molar-refractivity contribution < 1.29 is 30.8 Å². The van der Waals surface area contributed by atoms with Gasteiger partial charge in [0.05, 0.1) is 11.1 Å². The summed E-state index contributed by atoms with van der Waals surface area (Å²) in [5, 5.41) is -1.55. The van der Waals surface area contributed by atoms with Crippen molar-refractivity contribution >= 4 is 26.6 Å². The Morgan fingerprint density at radius 2 is 1.81 bits per heavy atom. The van der Waals surface area contributed by atoms with Crippen molar-refractivity contribution in [3.8, 4) is 0 Å². The minimum atomic E-state index is -5.75. The number of hydrogen-bond donors (Lipinski definition) is 1. The molecular formula is C11H6F4N2O3S. The van der Waals surface area contributed by atoms with Crippen LogP contribution in [-0.4, -0.2) is 24.8 Å². The van der Waals surface area contributed by atoms with E-state index in [4.69, 9.17) is 5.73 Å². The molecule has 10 heteroatoms. The standard InChI is InChI=1S/C11H6F4N2O3S/c12-5-1-2-8-6(3-5)7(10(16)18)4-9(17-8)21(19,20)11(13,14)15/h1-4H,(H2,16,18). The summed E-state index contributed by atoms with van der Waals surface area (Å²) in [7, 11) is -5.75. The molecule has 2 rings (SSSR count). The summed E-state index contributed by atoms with van der Waals surface area (Å²) in [6, 6.07) is 3.02. The van der Waals surface area contributed by atoms with E-state index in [1.807, 2.05) is 0 Å². The van der Waals surface area contributed by atoms with Crippen LogP contribution in [0.15, 0.2) is 29.3 Å². The lowest BCUT2D eigenvalue weighted by Gasteiger charge is -2.10. The summed E-state index contributed by atoms with van der Waals surface area (Å²) in [6.45, 7) is 0. The van der Waals surface area contributed by atoms with Gasteiger partial charge in [-0.15, -0.1) is 0 Å². The van der Waals surface area contributed by atoms with Crippen molar-refractivity contribution in [3.05, 3.63) is 35.6 Å². The van der Waals surface area contributed by atoms with Gasteiger partial charge in [-0.1, -0.05) is 0 Å². The van der Waals surface area contributed by atoms with Crippen molar-refractivity contribution in [1.82, 2.24) is 4.98 Å². The van der Waals surface area contributed by atoms with E-state index in [2.05, 4.69) is 4.98 Å². The first-order valence-corrected chi connectivity index (χ1v) is 6.74. The number of carbonyl (C=O) groups excluding carboxylic acids is 1. The number of nitrogens with two attached hydrogens (primary N) is 1. The van der Waals surface area contributed by atoms with E-state index in [0.717, 1.165) is 18.2 Å². The summed E-state index contributed by atoms with van der Waals surface area (Å²) in [4.78, 5) is 14.6. The fourth-order valence-corrected chi connectivity index (χ4v) is 2.36. The Balaban J connectivity index is 2.87. The molecule has 0 aliphatic rings. The van der Waals surface area contributed by atoms with Crippen LogP contribution in [0.3, 0.4) is 0 Å². The number of halogens is 4. The maximum atomic E-state index is 13.1. The van der Waals surface area contributed by atoms with Gasteiger partial charge >= 0.3 is 5.51 Å². The molecule has 0 aliphatic carbocycles. The lowest BCUT2D eigenvalue weighted by Crippen LogP contribution is -2.25. The predicted octanol–water partition coefficient (Wildman–Crippen LogP) is 1.77. The number of amides is 1. The molecule has 0 radical (unpaired) electrons. The number of fused-ring (bicyclic) bond motifs is 1. The normalized spacial score (nSPS) is 12.6. The highest BCUT2D eigenvalue weighted by molar-refractivity contribution is 7.92.